The van der Waals surface area contributed by atoms with Crippen LogP contribution in [-0.4, -0.2) is 43.3 Å². The summed E-state index contributed by atoms with van der Waals surface area (Å²) in [7, 11) is -0.594. The van der Waals surface area contributed by atoms with Crippen molar-refractivity contribution in [1.29, 1.82) is 0 Å². The van der Waals surface area contributed by atoms with Crippen molar-refractivity contribution >= 4 is 27.4 Å². The molecule has 1 unspecified atom stereocenters. The summed E-state index contributed by atoms with van der Waals surface area (Å²) in [6.07, 6.45) is 0.916. The third kappa shape index (κ3) is 3.43. The van der Waals surface area contributed by atoms with Gasteiger partial charge in [-0.05, 0) is 60.9 Å². The predicted octanol–water partition coefficient (Wildman–Crippen LogP) is 3.49. The van der Waals surface area contributed by atoms with E-state index in [1.807, 2.05) is 38.1 Å². The molecule has 8 heteroatoms. The van der Waals surface area contributed by atoms with Crippen LogP contribution in [0.2, 0.25) is 0 Å². The van der Waals surface area contributed by atoms with Gasteiger partial charge >= 0.3 is 0 Å². The SMILES string of the molecule is Cc1noc(C)c1-c1ccc2c(c1)C=C(c1cccc(S(=O)(=O)N(C)C)c1)C(O)N2. The first kappa shape index (κ1) is 20.3. The van der Waals surface area contributed by atoms with Crippen molar-refractivity contribution in [3.05, 3.63) is 65.0 Å². The lowest BCUT2D eigenvalue weighted by molar-refractivity contribution is 0.261. The summed E-state index contributed by atoms with van der Waals surface area (Å²) < 4.78 is 31.5. The smallest absolute Gasteiger partial charge is 0.242 e. The van der Waals surface area contributed by atoms with Crippen LogP contribution in [0.1, 0.15) is 22.6 Å². The number of aliphatic hydroxyl groups excluding tert-OH is 1. The Labute approximate surface area is 175 Å². The van der Waals surface area contributed by atoms with Gasteiger partial charge in [-0.3, -0.25) is 0 Å². The minimum absolute atomic E-state index is 0.174. The number of sulfonamides is 1. The third-order valence-corrected chi connectivity index (χ3v) is 7.03. The first-order valence-corrected chi connectivity index (χ1v) is 10.9. The Morgan fingerprint density at radius 1 is 1.10 bits per heavy atom. The Morgan fingerprint density at radius 3 is 2.53 bits per heavy atom. The second-order valence-corrected chi connectivity index (χ2v) is 9.61. The van der Waals surface area contributed by atoms with Gasteiger partial charge in [-0.25, -0.2) is 12.7 Å². The number of anilines is 1. The maximum atomic E-state index is 12.5. The molecule has 0 radical (unpaired) electrons. The first-order chi connectivity index (χ1) is 14.2. The number of aliphatic hydroxyl groups is 1. The standard InChI is InChI=1S/C22H23N3O4S/c1-13-21(14(2)29-24-13)16-8-9-20-17(10-16)12-19(22(26)23-20)15-6-5-7-18(11-15)30(27,28)25(3)4/h5-12,22-23,26H,1-4H3. The molecule has 30 heavy (non-hydrogen) atoms. The van der Waals surface area contributed by atoms with Gasteiger partial charge in [0.15, 0.2) is 6.23 Å². The summed E-state index contributed by atoms with van der Waals surface area (Å²) in [4.78, 5) is 0.174. The Bertz CT molecular complexity index is 1240. The lowest BCUT2D eigenvalue weighted by Crippen LogP contribution is -2.25. The molecular formula is C22H23N3O4S. The number of benzene rings is 2. The Balaban J connectivity index is 1.80. The normalized spacial score (nSPS) is 16.2. The second-order valence-electron chi connectivity index (χ2n) is 7.46. The molecule has 0 saturated heterocycles. The van der Waals surface area contributed by atoms with Crippen LogP contribution in [0.25, 0.3) is 22.8 Å². The van der Waals surface area contributed by atoms with Crippen molar-refractivity contribution in [3.63, 3.8) is 0 Å². The van der Waals surface area contributed by atoms with Crippen molar-refractivity contribution < 1.29 is 18.0 Å². The van der Waals surface area contributed by atoms with Crippen LogP contribution in [0.4, 0.5) is 5.69 Å². The average Bonchev–Trinajstić information content (AvgIpc) is 3.05. The largest absolute Gasteiger partial charge is 0.369 e. The molecule has 156 valence electrons. The predicted molar refractivity (Wildman–Crippen MR) is 116 cm³/mol. The quantitative estimate of drug-likeness (QED) is 0.664. The summed E-state index contributed by atoms with van der Waals surface area (Å²) in [5, 5.41) is 17.7. The lowest BCUT2D eigenvalue weighted by atomic mass is 9.94. The van der Waals surface area contributed by atoms with E-state index in [2.05, 4.69) is 10.5 Å². The van der Waals surface area contributed by atoms with E-state index in [1.165, 1.54) is 18.4 Å². The molecule has 0 fully saturated rings. The van der Waals surface area contributed by atoms with Crippen LogP contribution in [0.5, 0.6) is 0 Å². The third-order valence-electron chi connectivity index (χ3n) is 5.22. The molecule has 2 aromatic carbocycles. The van der Waals surface area contributed by atoms with Crippen LogP contribution in [0.3, 0.4) is 0 Å². The van der Waals surface area contributed by atoms with E-state index < -0.39 is 16.3 Å². The summed E-state index contributed by atoms with van der Waals surface area (Å²) >= 11 is 0. The molecule has 1 aromatic heterocycles. The zero-order valence-corrected chi connectivity index (χ0v) is 18.0. The summed E-state index contributed by atoms with van der Waals surface area (Å²) in [6, 6.07) is 12.4. The van der Waals surface area contributed by atoms with Gasteiger partial charge in [-0.2, -0.15) is 0 Å². The monoisotopic (exact) mass is 425 g/mol. The number of nitrogens with zero attached hydrogens (tertiary/aromatic N) is 2. The van der Waals surface area contributed by atoms with E-state index in [9.17, 15) is 13.5 Å². The number of aryl methyl sites for hydroxylation is 2. The highest BCUT2D eigenvalue weighted by atomic mass is 32.2. The number of hydrogen-bond donors (Lipinski definition) is 2. The van der Waals surface area contributed by atoms with Crippen molar-refractivity contribution in [2.45, 2.75) is 25.0 Å². The molecule has 1 atom stereocenters. The number of rotatable bonds is 4. The first-order valence-electron chi connectivity index (χ1n) is 9.45. The lowest BCUT2D eigenvalue weighted by Gasteiger charge is -2.25. The fourth-order valence-electron chi connectivity index (χ4n) is 3.62. The van der Waals surface area contributed by atoms with Crippen molar-refractivity contribution in [1.82, 2.24) is 9.46 Å². The topological polar surface area (TPSA) is 95.7 Å². The molecule has 1 aliphatic rings. The number of hydrogen-bond acceptors (Lipinski definition) is 6. The van der Waals surface area contributed by atoms with Gasteiger partial charge in [0.1, 0.15) is 5.76 Å². The number of nitrogens with one attached hydrogen (secondary N) is 1. The van der Waals surface area contributed by atoms with E-state index in [4.69, 9.17) is 4.52 Å². The highest BCUT2D eigenvalue weighted by Gasteiger charge is 2.23. The summed E-state index contributed by atoms with van der Waals surface area (Å²) in [5.74, 6) is 0.738. The molecule has 0 bridgehead atoms. The zero-order chi connectivity index (χ0) is 21.6. The fourth-order valence-corrected chi connectivity index (χ4v) is 4.57. The molecule has 2 heterocycles. The van der Waals surface area contributed by atoms with Gasteiger partial charge in [-0.1, -0.05) is 23.4 Å². The fraction of sp³-hybridized carbons (Fsp3) is 0.227. The summed E-state index contributed by atoms with van der Waals surface area (Å²) in [6.45, 7) is 3.76. The maximum Gasteiger partial charge on any atom is 0.242 e. The van der Waals surface area contributed by atoms with Crippen LogP contribution >= 0.6 is 0 Å². The van der Waals surface area contributed by atoms with Crippen LogP contribution in [0.15, 0.2) is 51.9 Å². The minimum Gasteiger partial charge on any atom is -0.369 e. The maximum absolute atomic E-state index is 12.5. The Kier molecular flexibility index (Phi) is 5.01. The summed E-state index contributed by atoms with van der Waals surface area (Å²) in [5.41, 5.74) is 5.61. The van der Waals surface area contributed by atoms with Gasteiger partial charge in [0, 0.05) is 30.9 Å². The molecule has 0 amide bonds. The van der Waals surface area contributed by atoms with Gasteiger partial charge in [0.05, 0.1) is 10.6 Å². The minimum atomic E-state index is -3.58. The number of fused-ring (bicyclic) bond motifs is 1. The average molecular weight is 426 g/mol. The molecule has 0 spiro atoms. The molecule has 4 rings (SSSR count). The van der Waals surface area contributed by atoms with Gasteiger partial charge in [-0.15, -0.1) is 0 Å². The highest BCUT2D eigenvalue weighted by molar-refractivity contribution is 7.89. The molecule has 7 nitrogen and oxygen atoms in total. The zero-order valence-electron chi connectivity index (χ0n) is 17.2. The van der Waals surface area contributed by atoms with E-state index in [-0.39, 0.29) is 4.90 Å². The van der Waals surface area contributed by atoms with Crippen LogP contribution < -0.4 is 5.32 Å². The van der Waals surface area contributed by atoms with Gasteiger partial charge < -0.3 is 14.9 Å². The molecule has 0 saturated carbocycles. The van der Waals surface area contributed by atoms with Crippen LogP contribution in [-0.2, 0) is 10.0 Å². The highest BCUT2D eigenvalue weighted by Crippen LogP contribution is 2.36. The van der Waals surface area contributed by atoms with Crippen molar-refractivity contribution in [2.24, 2.45) is 0 Å². The van der Waals surface area contributed by atoms with E-state index in [0.29, 0.717) is 11.1 Å². The Morgan fingerprint density at radius 2 is 1.87 bits per heavy atom. The molecule has 1 aliphatic heterocycles. The van der Waals surface area contributed by atoms with E-state index in [0.717, 1.165) is 33.8 Å². The van der Waals surface area contributed by atoms with E-state index >= 15 is 0 Å². The van der Waals surface area contributed by atoms with Crippen molar-refractivity contribution in [3.8, 4) is 11.1 Å². The number of aromatic nitrogens is 1. The van der Waals surface area contributed by atoms with Gasteiger partial charge in [0.2, 0.25) is 10.0 Å². The molecule has 0 aliphatic carbocycles. The van der Waals surface area contributed by atoms with Gasteiger partial charge in [0.25, 0.3) is 0 Å². The Hall–Kier alpha value is -2.94. The van der Waals surface area contributed by atoms with E-state index in [1.54, 1.807) is 24.3 Å². The molecule has 2 N–H and O–H groups in total. The van der Waals surface area contributed by atoms with Crippen LogP contribution in [0, 0.1) is 13.8 Å². The molecular weight excluding hydrogens is 402 g/mol. The van der Waals surface area contributed by atoms with Crippen molar-refractivity contribution in [2.75, 3.05) is 19.4 Å². The second kappa shape index (κ2) is 7.39. The molecule has 3 aromatic rings.